The highest BCUT2D eigenvalue weighted by molar-refractivity contribution is 5.82. The summed E-state index contributed by atoms with van der Waals surface area (Å²) in [6, 6.07) is 16.5. The van der Waals surface area contributed by atoms with Gasteiger partial charge in [-0.3, -0.25) is 4.79 Å². The Morgan fingerprint density at radius 1 is 1.00 bits per heavy atom. The van der Waals surface area contributed by atoms with E-state index in [2.05, 4.69) is 24.6 Å². The van der Waals surface area contributed by atoms with E-state index >= 15 is 0 Å². The Morgan fingerprint density at radius 2 is 1.68 bits per heavy atom. The molecule has 0 N–H and O–H groups in total. The second-order valence-corrected chi connectivity index (χ2v) is 6.21. The lowest BCUT2D eigenvalue weighted by Gasteiger charge is -2.11. The lowest BCUT2D eigenvalue weighted by atomic mass is 9.97. The van der Waals surface area contributed by atoms with E-state index in [1.54, 1.807) is 12.1 Å². The molecule has 1 heterocycles. The zero-order chi connectivity index (χ0) is 17.8. The maximum absolute atomic E-state index is 13.3. The molecule has 0 spiro atoms. The minimum Gasteiger partial charge on any atom is -0.316 e. The van der Waals surface area contributed by atoms with Crippen LogP contribution in [0, 0.1) is 5.82 Å². The zero-order valence-corrected chi connectivity index (χ0v) is 14.3. The average Bonchev–Trinajstić information content (AvgIpc) is 3.01. The Balaban J connectivity index is 2.31. The molecule has 0 fully saturated rings. The SMILES string of the molecule is CC(C)c1cn(-c2ccc(F)cc2)c(-c2ccccc2)c1/C=C/C=O. The molecule has 3 heteroatoms. The Hall–Kier alpha value is -2.94. The standard InChI is InChI=1S/C22H20FNO/c1-16(2)21-15-24(19-12-10-18(23)11-13-19)22(20(21)9-6-14-25)17-7-4-3-5-8-17/h3-16H,1-2H3/b9-6+. The molecule has 1 aromatic heterocycles. The van der Waals surface area contributed by atoms with E-state index in [0.29, 0.717) is 0 Å². The fraction of sp³-hybridized carbons (Fsp3) is 0.136. The van der Waals surface area contributed by atoms with Crippen molar-refractivity contribution in [3.05, 3.63) is 83.8 Å². The number of rotatable bonds is 5. The molecule has 0 unspecified atom stereocenters. The molecule has 0 saturated heterocycles. The largest absolute Gasteiger partial charge is 0.316 e. The minimum atomic E-state index is -0.262. The molecule has 2 nitrogen and oxygen atoms in total. The topological polar surface area (TPSA) is 22.0 Å². The fourth-order valence-corrected chi connectivity index (χ4v) is 3.01. The summed E-state index contributed by atoms with van der Waals surface area (Å²) in [6.45, 7) is 4.24. The molecule has 0 bridgehead atoms. The first-order valence-electron chi connectivity index (χ1n) is 8.30. The van der Waals surface area contributed by atoms with Crippen molar-refractivity contribution in [3.8, 4) is 16.9 Å². The third-order valence-electron chi connectivity index (χ3n) is 4.19. The van der Waals surface area contributed by atoms with Crippen molar-refractivity contribution in [3.63, 3.8) is 0 Å². The number of halogens is 1. The third-order valence-corrected chi connectivity index (χ3v) is 4.19. The van der Waals surface area contributed by atoms with Crippen LogP contribution in [-0.4, -0.2) is 10.9 Å². The highest BCUT2D eigenvalue weighted by atomic mass is 19.1. The van der Waals surface area contributed by atoms with Crippen molar-refractivity contribution in [2.24, 2.45) is 0 Å². The number of hydrogen-bond donors (Lipinski definition) is 0. The van der Waals surface area contributed by atoms with Crippen molar-refractivity contribution in [2.45, 2.75) is 19.8 Å². The van der Waals surface area contributed by atoms with Crippen LogP contribution in [0.4, 0.5) is 4.39 Å². The van der Waals surface area contributed by atoms with Gasteiger partial charge in [0.2, 0.25) is 0 Å². The van der Waals surface area contributed by atoms with E-state index in [4.69, 9.17) is 0 Å². The number of hydrogen-bond acceptors (Lipinski definition) is 1. The van der Waals surface area contributed by atoms with Gasteiger partial charge in [0.15, 0.2) is 0 Å². The molecule has 126 valence electrons. The molecule has 25 heavy (non-hydrogen) atoms. The van der Waals surface area contributed by atoms with Crippen molar-refractivity contribution < 1.29 is 9.18 Å². The lowest BCUT2D eigenvalue weighted by Crippen LogP contribution is -1.96. The van der Waals surface area contributed by atoms with E-state index in [0.717, 1.165) is 34.4 Å². The molecule has 0 radical (unpaired) electrons. The summed E-state index contributed by atoms with van der Waals surface area (Å²) in [5, 5.41) is 0. The molecule has 3 rings (SSSR count). The maximum atomic E-state index is 13.3. The number of nitrogens with zero attached hydrogens (tertiary/aromatic N) is 1. The van der Waals surface area contributed by atoms with E-state index in [-0.39, 0.29) is 11.7 Å². The summed E-state index contributed by atoms with van der Waals surface area (Å²) in [4.78, 5) is 10.9. The number of carbonyl (C=O) groups is 1. The predicted molar refractivity (Wildman–Crippen MR) is 100 cm³/mol. The zero-order valence-electron chi connectivity index (χ0n) is 14.3. The lowest BCUT2D eigenvalue weighted by molar-refractivity contribution is -0.104. The number of carbonyl (C=O) groups excluding carboxylic acids is 1. The fourth-order valence-electron chi connectivity index (χ4n) is 3.01. The molecule has 0 saturated carbocycles. The Bertz CT molecular complexity index is 890. The summed E-state index contributed by atoms with van der Waals surface area (Å²) in [5.74, 6) is 0.0257. The van der Waals surface area contributed by atoms with Crippen molar-refractivity contribution >= 4 is 12.4 Å². The van der Waals surface area contributed by atoms with Gasteiger partial charge >= 0.3 is 0 Å². The highest BCUT2D eigenvalue weighted by Crippen LogP contribution is 2.35. The Kier molecular flexibility index (Phi) is 4.94. The first-order valence-corrected chi connectivity index (χ1v) is 8.30. The van der Waals surface area contributed by atoms with Crippen LogP contribution >= 0.6 is 0 Å². The maximum Gasteiger partial charge on any atom is 0.142 e. The van der Waals surface area contributed by atoms with Gasteiger partial charge in [-0.25, -0.2) is 4.39 Å². The average molecular weight is 333 g/mol. The van der Waals surface area contributed by atoms with Gasteiger partial charge < -0.3 is 4.57 Å². The molecule has 2 aromatic carbocycles. The van der Waals surface area contributed by atoms with Gasteiger partial charge in [-0.05, 0) is 53.5 Å². The summed E-state index contributed by atoms with van der Waals surface area (Å²) < 4.78 is 15.4. The van der Waals surface area contributed by atoms with Crippen LogP contribution in [0.25, 0.3) is 23.0 Å². The predicted octanol–water partition coefficient (Wildman–Crippen LogP) is 5.62. The number of allylic oxidation sites excluding steroid dienone is 1. The van der Waals surface area contributed by atoms with E-state index in [1.807, 2.05) is 36.4 Å². The molecule has 0 atom stereocenters. The van der Waals surface area contributed by atoms with Gasteiger partial charge in [0.25, 0.3) is 0 Å². The normalized spacial score (nSPS) is 11.4. The Morgan fingerprint density at radius 3 is 2.28 bits per heavy atom. The number of aldehydes is 1. The third kappa shape index (κ3) is 3.45. The number of aromatic nitrogens is 1. The molecular weight excluding hydrogens is 313 g/mol. The quantitative estimate of drug-likeness (QED) is 0.439. The van der Waals surface area contributed by atoms with Gasteiger partial charge in [0, 0.05) is 17.4 Å². The summed E-state index contributed by atoms with van der Waals surface area (Å²) in [6.07, 6.45) is 6.23. The van der Waals surface area contributed by atoms with Gasteiger partial charge in [0.1, 0.15) is 12.1 Å². The second-order valence-electron chi connectivity index (χ2n) is 6.21. The first-order chi connectivity index (χ1) is 12.1. The van der Waals surface area contributed by atoms with Gasteiger partial charge in [-0.2, -0.15) is 0 Å². The van der Waals surface area contributed by atoms with Gasteiger partial charge in [0.05, 0.1) is 5.69 Å². The smallest absolute Gasteiger partial charge is 0.142 e. The molecule has 0 amide bonds. The molecule has 0 aliphatic carbocycles. The minimum absolute atomic E-state index is 0.262. The van der Waals surface area contributed by atoms with E-state index < -0.39 is 0 Å². The highest BCUT2D eigenvalue weighted by Gasteiger charge is 2.18. The first kappa shape index (κ1) is 16.9. The van der Waals surface area contributed by atoms with Gasteiger partial charge in [-0.15, -0.1) is 0 Å². The monoisotopic (exact) mass is 333 g/mol. The summed E-state index contributed by atoms with van der Waals surface area (Å²) in [7, 11) is 0. The second kappa shape index (κ2) is 7.31. The molecular formula is C22H20FNO. The van der Waals surface area contributed by atoms with Crippen LogP contribution < -0.4 is 0 Å². The van der Waals surface area contributed by atoms with Crippen LogP contribution in [0.1, 0.15) is 30.9 Å². The van der Waals surface area contributed by atoms with Crippen LogP contribution in [0.5, 0.6) is 0 Å². The molecule has 0 aliphatic rings. The van der Waals surface area contributed by atoms with Crippen molar-refractivity contribution in [2.75, 3.05) is 0 Å². The summed E-state index contributed by atoms with van der Waals surface area (Å²) >= 11 is 0. The van der Waals surface area contributed by atoms with E-state index in [9.17, 15) is 9.18 Å². The van der Waals surface area contributed by atoms with Crippen molar-refractivity contribution in [1.29, 1.82) is 0 Å². The van der Waals surface area contributed by atoms with Crippen LogP contribution in [-0.2, 0) is 4.79 Å². The summed E-state index contributed by atoms with van der Waals surface area (Å²) in [5.41, 5.74) is 5.07. The van der Waals surface area contributed by atoms with E-state index in [1.165, 1.54) is 18.2 Å². The molecule has 0 aliphatic heterocycles. The van der Waals surface area contributed by atoms with Crippen LogP contribution in [0.3, 0.4) is 0 Å². The van der Waals surface area contributed by atoms with Crippen LogP contribution in [0.2, 0.25) is 0 Å². The van der Waals surface area contributed by atoms with Crippen LogP contribution in [0.15, 0.2) is 66.9 Å². The van der Waals surface area contributed by atoms with Crippen molar-refractivity contribution in [1.82, 2.24) is 4.57 Å². The Labute approximate surface area is 147 Å². The molecule has 3 aromatic rings. The number of benzene rings is 2. The van der Waals surface area contributed by atoms with Gasteiger partial charge in [-0.1, -0.05) is 44.2 Å².